The monoisotopic (exact) mass is 460 g/mol. The Kier molecular flexibility index (Phi) is 15.4. The Morgan fingerprint density at radius 3 is 1.79 bits per heavy atom. The third-order valence-electron chi connectivity index (χ3n) is 5.62. The van der Waals surface area contributed by atoms with Gasteiger partial charge in [0.1, 0.15) is 0 Å². The number of unbranched alkanes of at least 4 members (excludes halogenated alkanes) is 12. The van der Waals surface area contributed by atoms with Gasteiger partial charge in [-0.05, 0) is 44.2 Å². The van der Waals surface area contributed by atoms with E-state index in [0.29, 0.717) is 6.42 Å². The summed E-state index contributed by atoms with van der Waals surface area (Å²) in [4.78, 5) is 34.8. The van der Waals surface area contributed by atoms with Crippen LogP contribution in [0.15, 0.2) is 30.4 Å². The molecule has 0 aliphatic rings. The number of rotatable bonds is 19. The van der Waals surface area contributed by atoms with Gasteiger partial charge in [-0.1, -0.05) is 82.9 Å². The average Bonchev–Trinajstić information content (AvgIpc) is 2.80. The van der Waals surface area contributed by atoms with E-state index in [1.54, 1.807) is 0 Å². The van der Waals surface area contributed by atoms with Gasteiger partial charge >= 0.3 is 17.9 Å². The maximum atomic E-state index is 12.2. The number of carbonyl (C=O) groups is 3. The fourth-order valence-electron chi connectivity index (χ4n) is 3.72. The minimum atomic E-state index is -1.46. The van der Waals surface area contributed by atoms with E-state index in [9.17, 15) is 19.5 Å². The van der Waals surface area contributed by atoms with Crippen molar-refractivity contribution in [2.24, 2.45) is 0 Å². The molecule has 0 bridgehead atoms. The van der Waals surface area contributed by atoms with Gasteiger partial charge in [-0.2, -0.15) is 0 Å². The second-order valence-corrected chi connectivity index (χ2v) is 8.41. The van der Waals surface area contributed by atoms with Gasteiger partial charge in [0.05, 0.1) is 23.3 Å². The second-order valence-electron chi connectivity index (χ2n) is 8.41. The molecule has 6 heteroatoms. The Balaban J connectivity index is 2.10. The van der Waals surface area contributed by atoms with Crippen LogP contribution in [-0.4, -0.2) is 34.7 Å². The highest BCUT2D eigenvalue weighted by atomic mass is 16.5. The van der Waals surface area contributed by atoms with Gasteiger partial charge in [-0.15, -0.1) is 0 Å². The molecule has 2 N–H and O–H groups in total. The number of carbonyl (C=O) groups excluding carboxylic acids is 1. The van der Waals surface area contributed by atoms with Crippen molar-refractivity contribution >= 4 is 17.9 Å². The van der Waals surface area contributed by atoms with Crippen LogP contribution in [0.5, 0.6) is 0 Å². The zero-order chi connectivity index (χ0) is 24.3. The van der Waals surface area contributed by atoms with Crippen molar-refractivity contribution in [3.8, 4) is 0 Å². The van der Waals surface area contributed by atoms with Crippen molar-refractivity contribution in [1.82, 2.24) is 0 Å². The molecule has 0 aromatic heterocycles. The first-order valence-corrected chi connectivity index (χ1v) is 12.4. The molecule has 0 atom stereocenters. The Hall–Kier alpha value is -2.63. The van der Waals surface area contributed by atoms with Crippen LogP contribution in [0.3, 0.4) is 0 Å². The lowest BCUT2D eigenvalue weighted by atomic mass is 10.0. The predicted octanol–water partition coefficient (Wildman–Crippen LogP) is 7.28. The van der Waals surface area contributed by atoms with Crippen molar-refractivity contribution in [3.63, 3.8) is 0 Å². The van der Waals surface area contributed by atoms with Gasteiger partial charge in [0.15, 0.2) is 0 Å². The SMILES string of the molecule is CCCCCCCC/C=C\CCCCCCCCOC(=O)c1cccc(C(=O)O)c1C(=O)O. The molecule has 0 radical (unpaired) electrons. The molecule has 1 aromatic carbocycles. The van der Waals surface area contributed by atoms with Gasteiger partial charge in [0.25, 0.3) is 0 Å². The first-order chi connectivity index (χ1) is 16.0. The van der Waals surface area contributed by atoms with Crippen LogP contribution in [0, 0.1) is 0 Å². The topological polar surface area (TPSA) is 101 Å². The summed E-state index contributed by atoms with van der Waals surface area (Å²) in [5.74, 6) is -3.66. The Morgan fingerprint density at radius 1 is 0.727 bits per heavy atom. The van der Waals surface area contributed by atoms with Crippen molar-refractivity contribution < 1.29 is 29.3 Å². The summed E-state index contributed by atoms with van der Waals surface area (Å²) in [5, 5.41) is 18.4. The largest absolute Gasteiger partial charge is 0.478 e. The number of allylic oxidation sites excluding steroid dienone is 2. The van der Waals surface area contributed by atoms with Gasteiger partial charge in [0, 0.05) is 0 Å². The van der Waals surface area contributed by atoms with Crippen molar-refractivity contribution in [2.45, 2.75) is 96.8 Å². The lowest BCUT2D eigenvalue weighted by Gasteiger charge is -2.09. The molecule has 0 fully saturated rings. The standard InChI is InChI=1S/C27H40O6/c1-2-3-4-5-6-7-8-9-10-11-12-13-14-15-16-17-21-33-27(32)23-20-18-19-22(25(28)29)24(23)26(30)31/h9-10,18-20H,2-8,11-17,21H2,1H3,(H,28,29)(H,30,31)/b10-9-. The molecule has 184 valence electrons. The number of ether oxygens (including phenoxy) is 1. The average molecular weight is 461 g/mol. The lowest BCUT2D eigenvalue weighted by molar-refractivity contribution is 0.0487. The summed E-state index contributed by atoms with van der Waals surface area (Å²) >= 11 is 0. The van der Waals surface area contributed by atoms with E-state index >= 15 is 0 Å². The molecular weight excluding hydrogens is 420 g/mol. The normalized spacial score (nSPS) is 11.1. The minimum Gasteiger partial charge on any atom is -0.478 e. The summed E-state index contributed by atoms with van der Waals surface area (Å²) in [6.45, 7) is 2.43. The zero-order valence-electron chi connectivity index (χ0n) is 20.0. The molecule has 0 aliphatic heterocycles. The van der Waals surface area contributed by atoms with E-state index < -0.39 is 29.0 Å². The van der Waals surface area contributed by atoms with Crippen LogP contribution in [0.2, 0.25) is 0 Å². The number of hydrogen-bond acceptors (Lipinski definition) is 4. The molecule has 1 rings (SSSR count). The number of carboxylic acids is 2. The van der Waals surface area contributed by atoms with Crippen LogP contribution in [0.25, 0.3) is 0 Å². The summed E-state index contributed by atoms with van der Waals surface area (Å²) < 4.78 is 5.17. The van der Waals surface area contributed by atoms with Crippen LogP contribution >= 0.6 is 0 Å². The van der Waals surface area contributed by atoms with Gasteiger partial charge in [-0.25, -0.2) is 14.4 Å². The maximum absolute atomic E-state index is 12.2. The Bertz CT molecular complexity index is 753. The number of benzene rings is 1. The van der Waals surface area contributed by atoms with E-state index in [0.717, 1.165) is 31.7 Å². The fraction of sp³-hybridized carbons (Fsp3) is 0.593. The van der Waals surface area contributed by atoms with Gasteiger partial charge < -0.3 is 14.9 Å². The zero-order valence-corrected chi connectivity index (χ0v) is 20.0. The van der Waals surface area contributed by atoms with E-state index in [2.05, 4.69) is 19.1 Å². The van der Waals surface area contributed by atoms with Crippen LogP contribution in [-0.2, 0) is 4.74 Å². The van der Waals surface area contributed by atoms with Crippen molar-refractivity contribution in [3.05, 3.63) is 47.0 Å². The smallest absolute Gasteiger partial charge is 0.339 e. The van der Waals surface area contributed by atoms with Gasteiger partial charge in [-0.3, -0.25) is 0 Å². The molecule has 0 heterocycles. The third kappa shape index (κ3) is 12.3. The Morgan fingerprint density at radius 2 is 1.24 bits per heavy atom. The van der Waals surface area contributed by atoms with E-state index in [1.165, 1.54) is 69.9 Å². The van der Waals surface area contributed by atoms with Crippen LogP contribution < -0.4 is 0 Å². The third-order valence-corrected chi connectivity index (χ3v) is 5.62. The predicted molar refractivity (Wildman–Crippen MR) is 130 cm³/mol. The van der Waals surface area contributed by atoms with E-state index in [4.69, 9.17) is 9.84 Å². The molecule has 33 heavy (non-hydrogen) atoms. The summed E-state index contributed by atoms with van der Waals surface area (Å²) in [6.07, 6.45) is 21.2. The van der Waals surface area contributed by atoms with Crippen LogP contribution in [0.4, 0.5) is 0 Å². The first-order valence-electron chi connectivity index (χ1n) is 12.4. The second kappa shape index (κ2) is 17.9. The first kappa shape index (κ1) is 28.4. The molecule has 0 saturated carbocycles. The summed E-state index contributed by atoms with van der Waals surface area (Å²) in [7, 11) is 0. The number of hydrogen-bond donors (Lipinski definition) is 2. The number of esters is 1. The highest BCUT2D eigenvalue weighted by molar-refractivity contribution is 6.09. The molecule has 6 nitrogen and oxygen atoms in total. The number of carboxylic acid groups (broad SMARTS) is 2. The highest BCUT2D eigenvalue weighted by Gasteiger charge is 2.24. The molecule has 0 saturated heterocycles. The van der Waals surface area contributed by atoms with Crippen molar-refractivity contribution in [1.29, 1.82) is 0 Å². The molecule has 0 amide bonds. The molecule has 0 unspecified atom stereocenters. The Labute approximate surface area is 198 Å². The van der Waals surface area contributed by atoms with Gasteiger partial charge in [0.2, 0.25) is 0 Å². The molecular formula is C27H40O6. The van der Waals surface area contributed by atoms with E-state index in [1.807, 2.05) is 0 Å². The lowest BCUT2D eigenvalue weighted by Crippen LogP contribution is -2.16. The molecule has 0 spiro atoms. The summed E-state index contributed by atoms with van der Waals surface area (Å²) in [5.41, 5.74) is -1.18. The number of aromatic carboxylic acids is 2. The molecule has 0 aliphatic carbocycles. The van der Waals surface area contributed by atoms with E-state index in [-0.39, 0.29) is 12.2 Å². The fourth-order valence-corrected chi connectivity index (χ4v) is 3.72. The molecule has 1 aromatic rings. The summed E-state index contributed by atoms with van der Waals surface area (Å²) in [6, 6.07) is 3.78. The minimum absolute atomic E-state index is 0.191. The maximum Gasteiger partial charge on any atom is 0.339 e. The van der Waals surface area contributed by atoms with Crippen molar-refractivity contribution in [2.75, 3.05) is 6.61 Å². The van der Waals surface area contributed by atoms with Crippen LogP contribution in [0.1, 0.15) is 128 Å². The highest BCUT2D eigenvalue weighted by Crippen LogP contribution is 2.17. The quantitative estimate of drug-likeness (QED) is 0.128.